The highest BCUT2D eigenvalue weighted by molar-refractivity contribution is 5.94. The highest BCUT2D eigenvalue weighted by Crippen LogP contribution is 2.06. The van der Waals surface area contributed by atoms with Crippen LogP contribution in [0.4, 0.5) is 0 Å². The van der Waals surface area contributed by atoms with E-state index in [-0.39, 0.29) is 11.3 Å². The molecule has 0 radical (unpaired) electrons. The van der Waals surface area contributed by atoms with Crippen molar-refractivity contribution in [1.82, 2.24) is 4.98 Å². The molecule has 0 aliphatic carbocycles. The Morgan fingerprint density at radius 1 is 1.54 bits per heavy atom. The number of rotatable bonds is 2. The summed E-state index contributed by atoms with van der Waals surface area (Å²) < 4.78 is 0. The maximum absolute atomic E-state index is 10.7. The van der Waals surface area contributed by atoms with Gasteiger partial charge in [0.15, 0.2) is 0 Å². The predicted molar refractivity (Wildman–Crippen MR) is 44.5 cm³/mol. The van der Waals surface area contributed by atoms with Crippen LogP contribution in [0.25, 0.3) is 0 Å². The molecule has 0 saturated heterocycles. The van der Waals surface area contributed by atoms with Crippen molar-refractivity contribution < 1.29 is 14.7 Å². The quantitative estimate of drug-likeness (QED) is 0.679. The molecule has 1 heterocycles. The molecular formula is C8H8N2O3. The molecule has 3 N–H and O–H groups in total. The van der Waals surface area contributed by atoms with Gasteiger partial charge in [-0.25, -0.2) is 9.78 Å². The van der Waals surface area contributed by atoms with Crippen LogP contribution in [0.2, 0.25) is 0 Å². The molecule has 0 aromatic carbocycles. The number of hydrogen-bond donors (Lipinski definition) is 2. The van der Waals surface area contributed by atoms with Gasteiger partial charge in [-0.3, -0.25) is 4.79 Å². The van der Waals surface area contributed by atoms with Crippen LogP contribution in [0.5, 0.6) is 0 Å². The summed E-state index contributed by atoms with van der Waals surface area (Å²) >= 11 is 0. The van der Waals surface area contributed by atoms with Crippen molar-refractivity contribution in [3.8, 4) is 0 Å². The maximum atomic E-state index is 10.7. The largest absolute Gasteiger partial charge is 0.478 e. The molecule has 0 spiro atoms. The van der Waals surface area contributed by atoms with Crippen molar-refractivity contribution >= 4 is 11.9 Å². The number of aromatic nitrogens is 1. The third-order valence-corrected chi connectivity index (χ3v) is 1.56. The van der Waals surface area contributed by atoms with E-state index in [9.17, 15) is 9.59 Å². The standard InChI is InChI=1S/C8H8N2O3/c1-4-2-5(8(12)13)3-10-6(4)7(9)11/h2-3H,1H3,(H2,9,11)(H,12,13). The molecule has 0 bridgehead atoms. The molecule has 0 fully saturated rings. The lowest BCUT2D eigenvalue weighted by Crippen LogP contribution is -2.15. The van der Waals surface area contributed by atoms with Crippen LogP contribution >= 0.6 is 0 Å². The minimum atomic E-state index is -1.08. The van der Waals surface area contributed by atoms with Gasteiger partial charge in [0.2, 0.25) is 0 Å². The van der Waals surface area contributed by atoms with Crippen LogP contribution in [0.3, 0.4) is 0 Å². The minimum absolute atomic E-state index is 0.0440. The van der Waals surface area contributed by atoms with E-state index >= 15 is 0 Å². The normalized spacial score (nSPS) is 9.62. The molecule has 1 amide bonds. The third-order valence-electron chi connectivity index (χ3n) is 1.56. The Hall–Kier alpha value is -1.91. The zero-order valence-corrected chi connectivity index (χ0v) is 6.94. The number of aromatic carboxylic acids is 1. The van der Waals surface area contributed by atoms with Gasteiger partial charge < -0.3 is 10.8 Å². The monoisotopic (exact) mass is 180 g/mol. The number of nitrogens with zero attached hydrogens (tertiary/aromatic N) is 1. The number of pyridine rings is 1. The molecule has 0 saturated carbocycles. The number of primary amides is 1. The number of aryl methyl sites for hydroxylation is 1. The fourth-order valence-corrected chi connectivity index (χ4v) is 0.950. The first-order chi connectivity index (χ1) is 6.02. The van der Waals surface area contributed by atoms with Gasteiger partial charge in [0.05, 0.1) is 5.56 Å². The Labute approximate surface area is 74.2 Å². The van der Waals surface area contributed by atoms with Crippen LogP contribution in [0, 0.1) is 6.92 Å². The highest BCUT2D eigenvalue weighted by atomic mass is 16.4. The van der Waals surface area contributed by atoms with Crippen molar-refractivity contribution in [1.29, 1.82) is 0 Å². The molecule has 0 aliphatic heterocycles. The van der Waals surface area contributed by atoms with E-state index in [1.807, 2.05) is 0 Å². The minimum Gasteiger partial charge on any atom is -0.478 e. The lowest BCUT2D eigenvalue weighted by atomic mass is 10.1. The van der Waals surface area contributed by atoms with E-state index < -0.39 is 11.9 Å². The van der Waals surface area contributed by atoms with Gasteiger partial charge in [-0.15, -0.1) is 0 Å². The Balaban J connectivity index is 3.20. The van der Waals surface area contributed by atoms with Crippen LogP contribution in [-0.2, 0) is 0 Å². The molecule has 1 aromatic rings. The van der Waals surface area contributed by atoms with E-state index in [1.165, 1.54) is 6.07 Å². The molecule has 5 heteroatoms. The first kappa shape index (κ1) is 9.18. The van der Waals surface area contributed by atoms with Crippen molar-refractivity contribution in [3.63, 3.8) is 0 Å². The summed E-state index contributed by atoms with van der Waals surface area (Å²) in [7, 11) is 0. The number of carbonyl (C=O) groups excluding carboxylic acids is 1. The number of amides is 1. The summed E-state index contributed by atoms with van der Waals surface area (Å²) in [5, 5.41) is 8.58. The highest BCUT2D eigenvalue weighted by Gasteiger charge is 2.09. The van der Waals surface area contributed by atoms with E-state index in [0.717, 1.165) is 6.20 Å². The van der Waals surface area contributed by atoms with Crippen molar-refractivity contribution in [3.05, 3.63) is 29.1 Å². The summed E-state index contributed by atoms with van der Waals surface area (Å²) in [5.74, 6) is -1.74. The first-order valence-electron chi connectivity index (χ1n) is 3.52. The zero-order valence-electron chi connectivity index (χ0n) is 6.94. The second-order valence-corrected chi connectivity index (χ2v) is 2.56. The molecular weight excluding hydrogens is 172 g/mol. The molecule has 0 aliphatic rings. The number of nitrogens with two attached hydrogens (primary N) is 1. The van der Waals surface area contributed by atoms with Gasteiger partial charge in [0.25, 0.3) is 5.91 Å². The van der Waals surface area contributed by atoms with Crippen molar-refractivity contribution in [2.75, 3.05) is 0 Å². The smallest absolute Gasteiger partial charge is 0.337 e. The summed E-state index contributed by atoms with van der Waals surface area (Å²) in [6.45, 7) is 1.58. The van der Waals surface area contributed by atoms with E-state index in [4.69, 9.17) is 10.8 Å². The average molecular weight is 180 g/mol. The SMILES string of the molecule is Cc1cc(C(=O)O)cnc1C(N)=O. The van der Waals surface area contributed by atoms with Crippen molar-refractivity contribution in [2.24, 2.45) is 5.73 Å². The van der Waals surface area contributed by atoms with E-state index in [0.29, 0.717) is 5.56 Å². The van der Waals surface area contributed by atoms with Crippen LogP contribution < -0.4 is 5.73 Å². The lowest BCUT2D eigenvalue weighted by Gasteiger charge is -2.00. The van der Waals surface area contributed by atoms with Gasteiger partial charge in [-0.2, -0.15) is 0 Å². The van der Waals surface area contributed by atoms with Crippen LogP contribution in [-0.4, -0.2) is 22.0 Å². The Bertz CT molecular complexity index is 374. The topological polar surface area (TPSA) is 93.3 Å². The summed E-state index contributed by atoms with van der Waals surface area (Å²) in [4.78, 5) is 24.8. The molecule has 0 atom stereocenters. The fraction of sp³-hybridized carbons (Fsp3) is 0.125. The molecule has 1 rings (SSSR count). The summed E-state index contributed by atoms with van der Waals surface area (Å²) in [5.41, 5.74) is 5.60. The van der Waals surface area contributed by atoms with Crippen molar-refractivity contribution in [2.45, 2.75) is 6.92 Å². The number of carboxylic acid groups (broad SMARTS) is 1. The van der Waals surface area contributed by atoms with Gasteiger partial charge in [0, 0.05) is 6.20 Å². The predicted octanol–water partition coefficient (Wildman–Crippen LogP) is 0.187. The molecule has 1 aromatic heterocycles. The zero-order chi connectivity index (χ0) is 10.0. The van der Waals surface area contributed by atoms with Gasteiger partial charge in [-0.05, 0) is 18.6 Å². The Morgan fingerprint density at radius 2 is 2.15 bits per heavy atom. The third kappa shape index (κ3) is 1.81. The summed E-state index contributed by atoms with van der Waals surface area (Å²) in [6, 6.07) is 1.36. The first-order valence-corrected chi connectivity index (χ1v) is 3.52. The number of carbonyl (C=O) groups is 2. The van der Waals surface area contributed by atoms with Crippen LogP contribution in [0.1, 0.15) is 26.4 Å². The maximum Gasteiger partial charge on any atom is 0.337 e. The molecule has 0 unspecified atom stereocenters. The molecule has 13 heavy (non-hydrogen) atoms. The van der Waals surface area contributed by atoms with E-state index in [1.54, 1.807) is 6.92 Å². The Kier molecular flexibility index (Phi) is 2.27. The average Bonchev–Trinajstić information content (AvgIpc) is 2.03. The van der Waals surface area contributed by atoms with Gasteiger partial charge in [0.1, 0.15) is 5.69 Å². The van der Waals surface area contributed by atoms with Crippen LogP contribution in [0.15, 0.2) is 12.3 Å². The van der Waals surface area contributed by atoms with E-state index in [2.05, 4.69) is 4.98 Å². The van der Waals surface area contributed by atoms with Gasteiger partial charge in [-0.1, -0.05) is 0 Å². The second kappa shape index (κ2) is 3.22. The molecule has 68 valence electrons. The van der Waals surface area contributed by atoms with Gasteiger partial charge >= 0.3 is 5.97 Å². The number of hydrogen-bond acceptors (Lipinski definition) is 3. The molecule has 5 nitrogen and oxygen atoms in total. The number of carboxylic acids is 1. The fourth-order valence-electron chi connectivity index (χ4n) is 0.950. The second-order valence-electron chi connectivity index (χ2n) is 2.56. The lowest BCUT2D eigenvalue weighted by molar-refractivity contribution is 0.0695. The summed E-state index contributed by atoms with van der Waals surface area (Å²) in [6.07, 6.45) is 1.11. The Morgan fingerprint density at radius 3 is 2.54 bits per heavy atom.